The summed E-state index contributed by atoms with van der Waals surface area (Å²) in [6.45, 7) is 8.96. The number of nitrogens with one attached hydrogen (secondary N) is 1. The quantitative estimate of drug-likeness (QED) is 0.630. The maximum Gasteiger partial charge on any atom is 0.194 e. The van der Waals surface area contributed by atoms with Crippen LogP contribution in [0.4, 0.5) is 0 Å². The maximum absolute atomic E-state index is 9.74. The van der Waals surface area contributed by atoms with Crippen molar-refractivity contribution in [1.29, 1.82) is 0 Å². The van der Waals surface area contributed by atoms with Crippen LogP contribution >= 0.6 is 11.3 Å². The number of hydrogen-bond donors (Lipinski definition) is 2. The van der Waals surface area contributed by atoms with Crippen molar-refractivity contribution in [2.75, 3.05) is 39.3 Å². The van der Waals surface area contributed by atoms with Gasteiger partial charge in [-0.05, 0) is 56.6 Å². The summed E-state index contributed by atoms with van der Waals surface area (Å²) in [6, 6.07) is 4.37. The highest BCUT2D eigenvalue weighted by atomic mass is 32.1. The number of thiophene rings is 1. The maximum atomic E-state index is 9.74. The van der Waals surface area contributed by atoms with Gasteiger partial charge in [0, 0.05) is 37.6 Å². The fourth-order valence-corrected chi connectivity index (χ4v) is 4.27. The van der Waals surface area contributed by atoms with Crippen molar-refractivity contribution in [3.05, 3.63) is 22.4 Å². The fraction of sp³-hybridized carbons (Fsp3) is 0.722. The van der Waals surface area contributed by atoms with Crippen LogP contribution in [0.2, 0.25) is 0 Å². The molecule has 0 aliphatic carbocycles. The fourth-order valence-electron chi connectivity index (χ4n) is 3.53. The predicted molar refractivity (Wildman–Crippen MR) is 100 cm³/mol. The number of nitrogens with zero attached hydrogens (tertiary/aromatic N) is 3. The highest BCUT2D eigenvalue weighted by molar-refractivity contribution is 7.09. The average Bonchev–Trinajstić information content (AvgIpc) is 3.24. The minimum absolute atomic E-state index is 0.200. The third-order valence-electron chi connectivity index (χ3n) is 4.96. The molecule has 0 amide bonds. The molecule has 0 bridgehead atoms. The molecule has 2 aliphatic rings. The smallest absolute Gasteiger partial charge is 0.194 e. The second-order valence-corrected chi connectivity index (χ2v) is 7.91. The van der Waals surface area contributed by atoms with E-state index >= 15 is 0 Å². The van der Waals surface area contributed by atoms with Crippen LogP contribution in [0.1, 0.15) is 31.1 Å². The van der Waals surface area contributed by atoms with E-state index in [1.807, 2.05) is 11.3 Å². The van der Waals surface area contributed by atoms with Crippen LogP contribution in [0.3, 0.4) is 0 Å². The van der Waals surface area contributed by atoms with Gasteiger partial charge in [0.05, 0.1) is 6.10 Å². The Bertz CT molecular complexity index is 511. The molecule has 2 fully saturated rings. The first-order valence-corrected chi connectivity index (χ1v) is 10.1. The van der Waals surface area contributed by atoms with Gasteiger partial charge in [0.15, 0.2) is 5.96 Å². The number of likely N-dealkylation sites (tertiary alicyclic amines) is 2. The van der Waals surface area contributed by atoms with Crippen LogP contribution in [0, 0.1) is 5.92 Å². The number of β-amino-alcohol motifs (C(OH)–C–C–N with tert-alkyl or cyclic N) is 1. The topological polar surface area (TPSA) is 51.1 Å². The van der Waals surface area contributed by atoms with Gasteiger partial charge in [-0.25, -0.2) is 0 Å². The van der Waals surface area contributed by atoms with Crippen molar-refractivity contribution >= 4 is 17.3 Å². The first-order valence-electron chi connectivity index (χ1n) is 9.20. The Morgan fingerprint density at radius 3 is 2.79 bits per heavy atom. The Morgan fingerprint density at radius 2 is 2.17 bits per heavy atom. The summed E-state index contributed by atoms with van der Waals surface area (Å²) in [5, 5.41) is 15.3. The third kappa shape index (κ3) is 4.94. The van der Waals surface area contributed by atoms with Gasteiger partial charge in [0.2, 0.25) is 0 Å². The molecule has 1 atom stereocenters. The molecule has 2 N–H and O–H groups in total. The predicted octanol–water partition coefficient (Wildman–Crippen LogP) is 1.99. The second kappa shape index (κ2) is 8.83. The molecule has 0 saturated carbocycles. The van der Waals surface area contributed by atoms with Gasteiger partial charge in [0.25, 0.3) is 0 Å². The molecule has 0 unspecified atom stereocenters. The van der Waals surface area contributed by atoms with Crippen LogP contribution < -0.4 is 5.32 Å². The second-order valence-electron chi connectivity index (χ2n) is 6.88. The van der Waals surface area contributed by atoms with Crippen molar-refractivity contribution in [3.63, 3.8) is 0 Å². The van der Waals surface area contributed by atoms with Crippen molar-refractivity contribution in [3.8, 4) is 0 Å². The molecule has 24 heavy (non-hydrogen) atoms. The molecule has 0 spiro atoms. The summed E-state index contributed by atoms with van der Waals surface area (Å²) in [4.78, 5) is 11.1. The molecule has 5 nitrogen and oxygen atoms in total. The minimum Gasteiger partial charge on any atom is -0.391 e. The average molecular weight is 351 g/mol. The van der Waals surface area contributed by atoms with Gasteiger partial charge in [-0.2, -0.15) is 0 Å². The van der Waals surface area contributed by atoms with Crippen LogP contribution in [-0.2, 0) is 6.54 Å². The van der Waals surface area contributed by atoms with E-state index in [0.29, 0.717) is 12.5 Å². The molecule has 1 aromatic heterocycles. The summed E-state index contributed by atoms with van der Waals surface area (Å²) in [7, 11) is 0. The highest BCUT2D eigenvalue weighted by Gasteiger charge is 2.24. The Labute approximate surface area is 149 Å². The highest BCUT2D eigenvalue weighted by Crippen LogP contribution is 2.21. The van der Waals surface area contributed by atoms with Crippen LogP contribution in [-0.4, -0.2) is 66.2 Å². The molecule has 2 aliphatic heterocycles. The first-order chi connectivity index (χ1) is 11.7. The summed E-state index contributed by atoms with van der Waals surface area (Å²) < 4.78 is 0. The van der Waals surface area contributed by atoms with Crippen molar-refractivity contribution in [2.24, 2.45) is 10.9 Å². The first kappa shape index (κ1) is 17.7. The molecule has 3 heterocycles. The lowest BCUT2D eigenvalue weighted by Crippen LogP contribution is -2.41. The zero-order chi connectivity index (χ0) is 16.8. The van der Waals surface area contributed by atoms with E-state index in [4.69, 9.17) is 4.99 Å². The largest absolute Gasteiger partial charge is 0.391 e. The van der Waals surface area contributed by atoms with Crippen LogP contribution in [0.5, 0.6) is 0 Å². The van der Waals surface area contributed by atoms with E-state index in [-0.39, 0.29) is 6.10 Å². The molecular weight excluding hydrogens is 320 g/mol. The number of aliphatic hydroxyl groups is 1. The van der Waals surface area contributed by atoms with Gasteiger partial charge in [-0.1, -0.05) is 6.07 Å². The molecule has 0 radical (unpaired) electrons. The Balaban J connectivity index is 1.45. The van der Waals surface area contributed by atoms with Gasteiger partial charge in [-0.3, -0.25) is 9.89 Å². The number of aliphatic hydroxyl groups excluding tert-OH is 1. The number of aliphatic imine (C=N–C) groups is 1. The van der Waals surface area contributed by atoms with Crippen LogP contribution in [0.25, 0.3) is 0 Å². The summed E-state index contributed by atoms with van der Waals surface area (Å²) in [5.41, 5.74) is 0. The molecule has 0 aromatic carbocycles. The molecular formula is C18H30N4OS. The molecule has 6 heteroatoms. The molecule has 2 saturated heterocycles. The van der Waals surface area contributed by atoms with Gasteiger partial charge < -0.3 is 15.3 Å². The SMILES string of the molecule is CCNC(=NCC1CCN(Cc2cccs2)CC1)N1CC[C@@H](O)C1. The normalized spacial score (nSPS) is 23.8. The van der Waals surface area contributed by atoms with E-state index in [1.165, 1.54) is 30.8 Å². The zero-order valence-electron chi connectivity index (χ0n) is 14.7. The summed E-state index contributed by atoms with van der Waals surface area (Å²) in [5.74, 6) is 1.67. The van der Waals surface area contributed by atoms with Crippen molar-refractivity contribution in [1.82, 2.24) is 15.1 Å². The molecule has 1 aromatic rings. The lowest BCUT2D eigenvalue weighted by atomic mass is 9.97. The molecule has 3 rings (SSSR count). The van der Waals surface area contributed by atoms with Crippen molar-refractivity contribution in [2.45, 2.75) is 38.8 Å². The van der Waals surface area contributed by atoms with E-state index in [1.54, 1.807) is 0 Å². The van der Waals surface area contributed by atoms with E-state index in [0.717, 1.165) is 38.6 Å². The Kier molecular flexibility index (Phi) is 6.51. The number of hydrogen-bond acceptors (Lipinski definition) is 4. The third-order valence-corrected chi connectivity index (χ3v) is 5.82. The van der Waals surface area contributed by atoms with E-state index in [2.05, 4.69) is 39.6 Å². The summed E-state index contributed by atoms with van der Waals surface area (Å²) in [6.07, 6.45) is 3.12. The standard InChI is InChI=1S/C18H30N4OS/c1-2-19-18(22-10-7-16(23)13-22)20-12-15-5-8-21(9-6-15)14-17-4-3-11-24-17/h3-4,11,15-16,23H,2,5-10,12-14H2,1H3,(H,19,20)/t16-/m1/s1. The van der Waals surface area contributed by atoms with Gasteiger partial charge >= 0.3 is 0 Å². The van der Waals surface area contributed by atoms with E-state index in [9.17, 15) is 5.11 Å². The lowest BCUT2D eigenvalue weighted by molar-refractivity contribution is 0.181. The monoisotopic (exact) mass is 350 g/mol. The lowest BCUT2D eigenvalue weighted by Gasteiger charge is -2.31. The van der Waals surface area contributed by atoms with Gasteiger partial charge in [-0.15, -0.1) is 11.3 Å². The van der Waals surface area contributed by atoms with Crippen LogP contribution in [0.15, 0.2) is 22.5 Å². The zero-order valence-corrected chi connectivity index (χ0v) is 15.5. The van der Waals surface area contributed by atoms with Crippen molar-refractivity contribution < 1.29 is 5.11 Å². The molecule has 134 valence electrons. The minimum atomic E-state index is -0.200. The Morgan fingerprint density at radius 1 is 1.33 bits per heavy atom. The summed E-state index contributed by atoms with van der Waals surface area (Å²) >= 11 is 1.85. The van der Waals surface area contributed by atoms with Gasteiger partial charge in [0.1, 0.15) is 0 Å². The number of rotatable bonds is 5. The Hall–Kier alpha value is -1.11. The number of guanidine groups is 1. The number of piperidine rings is 1. The van der Waals surface area contributed by atoms with E-state index < -0.39 is 0 Å².